The third kappa shape index (κ3) is 17.2. The first kappa shape index (κ1) is 72.6. The molecule has 9 aromatic rings. The van der Waals surface area contributed by atoms with E-state index in [-0.39, 0.29) is 51.2 Å². The normalized spacial score (nSPS) is 14.2. The molecule has 0 amide bonds. The van der Waals surface area contributed by atoms with Crippen LogP contribution in [-0.2, 0) is 43.2 Å². The van der Waals surface area contributed by atoms with Gasteiger partial charge in [0, 0.05) is 55.7 Å². The second kappa shape index (κ2) is 33.0. The molecule has 0 heterocycles. The minimum Gasteiger partial charge on any atom is -0.508 e. The van der Waals surface area contributed by atoms with Gasteiger partial charge in [0.15, 0.2) is 0 Å². The number of methoxy groups -OCH3 is 2. The highest BCUT2D eigenvalue weighted by molar-refractivity contribution is 5.91. The smallest absolute Gasteiger partial charge is 0.338 e. The second-order valence-corrected chi connectivity index (χ2v) is 23.9. The lowest BCUT2D eigenvalue weighted by molar-refractivity contribution is -0.144. The third-order valence-electron chi connectivity index (χ3n) is 16.8. The molecule has 0 bridgehead atoms. The van der Waals surface area contributed by atoms with Gasteiger partial charge in [-0.2, -0.15) is 0 Å². The summed E-state index contributed by atoms with van der Waals surface area (Å²) in [5.41, 5.74) is 13.4. The Morgan fingerprint density at radius 1 is 0.450 bits per heavy atom. The van der Waals surface area contributed by atoms with Gasteiger partial charge in [-0.3, -0.25) is 0 Å². The fourth-order valence-corrected chi connectivity index (χ4v) is 11.8. The average molecular weight is 1350 g/mol. The lowest BCUT2D eigenvalue weighted by Crippen LogP contribution is -2.14. The van der Waals surface area contributed by atoms with Crippen LogP contribution < -0.4 is 18.9 Å². The predicted octanol–water partition coefficient (Wildman–Crippen LogP) is 17.8. The maximum Gasteiger partial charge on any atom is 0.338 e. The Bertz CT molecular complexity index is 4690. The van der Waals surface area contributed by atoms with Gasteiger partial charge in [0.25, 0.3) is 0 Å². The number of phenolic OH excluding ortho intramolecular Hbond substituents is 2. The average Bonchev–Trinajstić information content (AvgIpc) is 1.72. The molecule has 0 saturated carbocycles. The number of halogens is 3. The van der Waals surface area contributed by atoms with E-state index in [1.165, 1.54) is 38.4 Å². The molecule has 0 aromatic heterocycles. The fourth-order valence-electron chi connectivity index (χ4n) is 11.8. The van der Waals surface area contributed by atoms with Crippen LogP contribution in [0.1, 0.15) is 100 Å². The Labute approximate surface area is 580 Å². The number of hydrogen-bond acceptors (Lipinski definition) is 13. The van der Waals surface area contributed by atoms with Crippen LogP contribution in [0.25, 0.3) is 66.8 Å². The van der Waals surface area contributed by atoms with E-state index < -0.39 is 48.0 Å². The third-order valence-corrected chi connectivity index (χ3v) is 16.8. The number of hydrogen-bond donors (Lipinski definition) is 5. The summed E-state index contributed by atoms with van der Waals surface area (Å²) < 4.78 is 78.1. The van der Waals surface area contributed by atoms with Crippen molar-refractivity contribution in [3.8, 4) is 114 Å². The van der Waals surface area contributed by atoms with E-state index in [2.05, 4.69) is 32.7 Å². The number of aliphatic hydroxyl groups is 2. The standard InChI is InChI=1S/C33H29FO6.C23H21FO3.C21H17FO3.C4H6O2.C2H2/c1-18(2)31(35)38-23-10-7-21(8-11-23)22-9-12-25(27(34)17-22)24-13-15-28(39-32(36)19(3)4)30-26(24)14-16-29(30)40-33(37)20(5)6;1-26-16-6-3-14(4-7-16)15-5-8-18(20(24)13-15)17-10-12-22(27-2)23-19(17)9-11-21(23)25;22-18-11-13(12-1-4-14(23)5-2-12)3-6-16(18)15-7-9-19(24)21-17(15)8-10-20(21)25;1-3(2)4(5)6;1-2/h7-13,15,17,29H,1,3,5,14,16H2,2,4,6H3;3-8,10,12-13,21,25H,9,11H2,1-2H3;1-7,9,11,20,23-25H,8,10H2;1H2,2H3,(H,5,6);1-2H/i;;;;1D. The van der Waals surface area contributed by atoms with Crippen LogP contribution in [0.5, 0.6) is 34.5 Å². The van der Waals surface area contributed by atoms with Gasteiger partial charge < -0.3 is 49.2 Å². The molecule has 12 rings (SSSR count). The van der Waals surface area contributed by atoms with Gasteiger partial charge in [0.1, 0.15) is 59.4 Å². The minimum absolute atomic E-state index is 0.0601. The van der Waals surface area contributed by atoms with Crippen molar-refractivity contribution in [1.82, 2.24) is 0 Å². The number of carbonyl (C=O) groups excluding carboxylic acids is 3. The van der Waals surface area contributed by atoms with Gasteiger partial charge in [0.05, 0.1) is 26.4 Å². The summed E-state index contributed by atoms with van der Waals surface area (Å²) in [6, 6.07) is 46.2. The van der Waals surface area contributed by atoms with E-state index >= 15 is 4.39 Å². The number of aliphatic carboxylic acids is 1. The minimum atomic E-state index is -0.935. The number of terminal acetylenes is 1. The van der Waals surface area contributed by atoms with E-state index in [0.717, 1.165) is 61.4 Å². The molecule has 100 heavy (non-hydrogen) atoms. The number of ether oxygens (including phenoxy) is 5. The monoisotopic (exact) mass is 1350 g/mol. The number of phenols is 2. The number of rotatable bonds is 15. The molecule has 512 valence electrons. The Hall–Kier alpha value is -11.7. The van der Waals surface area contributed by atoms with Crippen molar-refractivity contribution >= 4 is 23.9 Å². The van der Waals surface area contributed by atoms with Gasteiger partial charge in [-0.05, 0) is 206 Å². The lowest BCUT2D eigenvalue weighted by atomic mass is 9.93. The number of esters is 3. The Morgan fingerprint density at radius 2 is 0.810 bits per heavy atom. The quantitative estimate of drug-likeness (QED) is 0.0279. The molecule has 0 fully saturated rings. The van der Waals surface area contributed by atoms with E-state index in [1.54, 1.807) is 125 Å². The van der Waals surface area contributed by atoms with Crippen molar-refractivity contribution in [3.63, 3.8) is 0 Å². The fraction of sp³-hybridized carbons (Fsp3) is 0.181. The maximum absolute atomic E-state index is 15.6. The first-order valence-electron chi connectivity index (χ1n) is 32.1. The van der Waals surface area contributed by atoms with Crippen LogP contribution in [0.4, 0.5) is 13.2 Å². The number of aromatic hydroxyl groups is 2. The highest BCUT2D eigenvalue weighted by Gasteiger charge is 2.34. The molecule has 17 heteroatoms. The summed E-state index contributed by atoms with van der Waals surface area (Å²) in [6.07, 6.45) is 7.26. The lowest BCUT2D eigenvalue weighted by Gasteiger charge is -2.19. The van der Waals surface area contributed by atoms with Gasteiger partial charge in [0.2, 0.25) is 0 Å². The van der Waals surface area contributed by atoms with Crippen molar-refractivity contribution in [1.29, 1.82) is 0 Å². The molecule has 14 nitrogen and oxygen atoms in total. The van der Waals surface area contributed by atoms with Crippen LogP contribution in [0.2, 0.25) is 0 Å². The van der Waals surface area contributed by atoms with Crippen molar-refractivity contribution in [2.24, 2.45) is 0 Å². The molecule has 0 saturated heterocycles. The summed E-state index contributed by atoms with van der Waals surface area (Å²) in [5.74, 6) is -1.46. The number of carboxylic acid groups (broad SMARTS) is 1. The molecule has 9 aromatic carbocycles. The molecule has 5 N–H and O–H groups in total. The first-order chi connectivity index (χ1) is 48.2. The number of carboxylic acids is 1. The zero-order chi connectivity index (χ0) is 73.5. The largest absolute Gasteiger partial charge is 0.508 e. The zero-order valence-electron chi connectivity index (χ0n) is 57.0. The van der Waals surface area contributed by atoms with Gasteiger partial charge in [-0.25, -0.2) is 32.3 Å². The molecule has 3 atom stereocenters. The first-order valence-corrected chi connectivity index (χ1v) is 31.6. The molecule has 3 aliphatic carbocycles. The SMILES string of the molecule is C=C(C)C(=O)O.C=C(C)C(=O)Oc1ccc(-c2ccc(-c3ccc(OC(=O)C(=C)C)c4c3CCC4OC(=O)C(=C)C)c(F)c2)cc1.COc1ccc(-c2ccc(-c3ccc(OC)c4c3CCC4O)c(F)c2)cc1.Oc1ccc(-c2ccc(-c3ccc(O)c4c3CCC4O)c(F)c2)cc1.[2H]C#C. The Kier molecular flexibility index (Phi) is 24.0. The molecule has 0 spiro atoms. The summed E-state index contributed by atoms with van der Waals surface area (Å²) in [4.78, 5) is 45.9. The Morgan fingerprint density at radius 3 is 1.23 bits per heavy atom. The molecule has 3 aliphatic rings. The van der Waals surface area contributed by atoms with Crippen molar-refractivity contribution in [2.45, 2.75) is 84.5 Å². The van der Waals surface area contributed by atoms with Crippen LogP contribution in [0.15, 0.2) is 212 Å². The van der Waals surface area contributed by atoms with Crippen molar-refractivity contribution in [2.75, 3.05) is 14.2 Å². The van der Waals surface area contributed by atoms with Crippen molar-refractivity contribution < 1.29 is 82.9 Å². The number of fused-ring (bicyclic) bond motifs is 3. The summed E-state index contributed by atoms with van der Waals surface area (Å²) in [6.45, 7) is 20.1. The number of carbonyl (C=O) groups is 4. The number of aliphatic hydroxyl groups excluding tert-OH is 2. The molecule has 3 unspecified atom stereocenters. The maximum atomic E-state index is 15.6. The zero-order valence-corrected chi connectivity index (χ0v) is 56.0. The van der Waals surface area contributed by atoms with Crippen LogP contribution in [0, 0.1) is 30.3 Å². The van der Waals surface area contributed by atoms with Gasteiger partial charge in [-0.15, -0.1) is 12.8 Å². The topological polar surface area (TPSA) is 216 Å². The molecule has 0 radical (unpaired) electrons. The van der Waals surface area contributed by atoms with Crippen molar-refractivity contribution in [3.05, 3.63) is 263 Å². The number of benzene rings is 9. The summed E-state index contributed by atoms with van der Waals surface area (Å²) in [5, 5.41) is 47.6. The highest BCUT2D eigenvalue weighted by Crippen LogP contribution is 2.48. The molecule has 0 aliphatic heterocycles. The second-order valence-electron chi connectivity index (χ2n) is 23.9. The molecular weight excluding hydrogens is 1280 g/mol. The summed E-state index contributed by atoms with van der Waals surface area (Å²) in [7, 11) is 3.21. The van der Waals surface area contributed by atoms with Crippen LogP contribution >= 0.6 is 0 Å². The van der Waals surface area contributed by atoms with Gasteiger partial charge >= 0.3 is 23.9 Å². The molecular formula is C83H75F3O14. The van der Waals surface area contributed by atoms with E-state index in [9.17, 15) is 48.4 Å². The Balaban J connectivity index is 0.000000186. The highest BCUT2D eigenvalue weighted by atomic mass is 19.1. The summed E-state index contributed by atoms with van der Waals surface area (Å²) >= 11 is 0. The van der Waals surface area contributed by atoms with Crippen LogP contribution in [-0.4, -0.2) is 63.6 Å². The predicted molar refractivity (Wildman–Crippen MR) is 380 cm³/mol. The van der Waals surface area contributed by atoms with E-state index in [1.807, 2.05) is 48.5 Å². The van der Waals surface area contributed by atoms with E-state index in [0.29, 0.717) is 94.5 Å². The van der Waals surface area contributed by atoms with Crippen LogP contribution in [0.3, 0.4) is 0 Å². The van der Waals surface area contributed by atoms with E-state index in [4.69, 9.17) is 30.2 Å². The van der Waals surface area contributed by atoms with Gasteiger partial charge in [-0.1, -0.05) is 117 Å².